The standard InChI is InChI=1S/C21H23FN2O2/c1-21(2,3)26-20(25)23-12-11-18-13-15-7-4-5-10-19(15)24(18)17-9-6-8-16(22)14-17/h4-10,13-14H,11-12H2,1-3H3,(H,23,25). The van der Waals surface area contributed by atoms with Gasteiger partial charge in [-0.15, -0.1) is 0 Å². The van der Waals surface area contributed by atoms with Crippen molar-refractivity contribution in [2.75, 3.05) is 6.54 Å². The fraction of sp³-hybridized carbons (Fsp3) is 0.286. The molecule has 0 fully saturated rings. The first kappa shape index (κ1) is 18.0. The summed E-state index contributed by atoms with van der Waals surface area (Å²) in [6, 6.07) is 16.5. The summed E-state index contributed by atoms with van der Waals surface area (Å²) in [4.78, 5) is 11.8. The number of fused-ring (bicyclic) bond motifs is 1. The Morgan fingerprint density at radius 1 is 1.12 bits per heavy atom. The van der Waals surface area contributed by atoms with Crippen LogP contribution in [0.15, 0.2) is 54.6 Å². The van der Waals surface area contributed by atoms with Crippen LogP contribution >= 0.6 is 0 Å². The molecule has 4 nitrogen and oxygen atoms in total. The highest BCUT2D eigenvalue weighted by Crippen LogP contribution is 2.25. The van der Waals surface area contributed by atoms with Crippen molar-refractivity contribution < 1.29 is 13.9 Å². The Morgan fingerprint density at radius 3 is 2.62 bits per heavy atom. The number of carbonyl (C=O) groups excluding carboxylic acids is 1. The van der Waals surface area contributed by atoms with Crippen LogP contribution in [0.4, 0.5) is 9.18 Å². The van der Waals surface area contributed by atoms with E-state index in [1.165, 1.54) is 12.1 Å². The molecule has 0 radical (unpaired) electrons. The van der Waals surface area contributed by atoms with Crippen LogP contribution in [0.5, 0.6) is 0 Å². The van der Waals surface area contributed by atoms with Crippen molar-refractivity contribution in [2.45, 2.75) is 32.8 Å². The van der Waals surface area contributed by atoms with Crippen LogP contribution < -0.4 is 5.32 Å². The average molecular weight is 354 g/mol. The highest BCUT2D eigenvalue weighted by atomic mass is 19.1. The predicted octanol–water partition coefficient (Wildman–Crippen LogP) is 4.84. The van der Waals surface area contributed by atoms with Crippen molar-refractivity contribution in [3.63, 3.8) is 0 Å². The zero-order valence-electron chi connectivity index (χ0n) is 15.3. The van der Waals surface area contributed by atoms with Gasteiger partial charge in [0.2, 0.25) is 0 Å². The van der Waals surface area contributed by atoms with E-state index in [-0.39, 0.29) is 5.82 Å². The number of para-hydroxylation sites is 1. The van der Waals surface area contributed by atoms with Crippen LogP contribution in [0, 0.1) is 5.82 Å². The maximum Gasteiger partial charge on any atom is 0.407 e. The van der Waals surface area contributed by atoms with Gasteiger partial charge in [-0.1, -0.05) is 24.3 Å². The van der Waals surface area contributed by atoms with E-state index in [2.05, 4.69) is 11.4 Å². The van der Waals surface area contributed by atoms with Crippen molar-refractivity contribution in [3.05, 3.63) is 66.1 Å². The maximum atomic E-state index is 13.7. The van der Waals surface area contributed by atoms with Gasteiger partial charge in [0.1, 0.15) is 11.4 Å². The summed E-state index contributed by atoms with van der Waals surface area (Å²) in [5.41, 5.74) is 2.23. The minimum absolute atomic E-state index is 0.280. The smallest absolute Gasteiger partial charge is 0.407 e. The van der Waals surface area contributed by atoms with Crippen LogP contribution in [-0.2, 0) is 11.2 Å². The highest BCUT2D eigenvalue weighted by Gasteiger charge is 2.16. The van der Waals surface area contributed by atoms with Gasteiger partial charge < -0.3 is 14.6 Å². The first-order valence-corrected chi connectivity index (χ1v) is 8.66. The number of alkyl carbamates (subject to hydrolysis) is 1. The normalized spacial score (nSPS) is 11.5. The second kappa shape index (κ2) is 7.20. The molecule has 136 valence electrons. The molecule has 5 heteroatoms. The lowest BCUT2D eigenvalue weighted by Crippen LogP contribution is -2.33. The molecule has 0 aliphatic rings. The summed E-state index contributed by atoms with van der Waals surface area (Å²) in [5.74, 6) is -0.280. The fourth-order valence-corrected chi connectivity index (χ4v) is 2.92. The van der Waals surface area contributed by atoms with E-state index in [4.69, 9.17) is 4.74 Å². The van der Waals surface area contributed by atoms with E-state index in [1.807, 2.05) is 55.7 Å². The maximum absolute atomic E-state index is 13.7. The number of nitrogens with zero attached hydrogens (tertiary/aromatic N) is 1. The van der Waals surface area contributed by atoms with E-state index >= 15 is 0 Å². The van der Waals surface area contributed by atoms with E-state index < -0.39 is 11.7 Å². The lowest BCUT2D eigenvalue weighted by molar-refractivity contribution is 0.0528. The lowest BCUT2D eigenvalue weighted by Gasteiger charge is -2.19. The third-order valence-corrected chi connectivity index (χ3v) is 3.90. The summed E-state index contributed by atoms with van der Waals surface area (Å²) in [6.07, 6.45) is 0.163. The number of nitrogens with one attached hydrogen (secondary N) is 1. The molecule has 0 unspecified atom stereocenters. The summed E-state index contributed by atoms with van der Waals surface area (Å²) in [5, 5.41) is 3.85. The molecule has 1 aromatic heterocycles. The predicted molar refractivity (Wildman–Crippen MR) is 101 cm³/mol. The van der Waals surface area contributed by atoms with Crippen LogP contribution in [-0.4, -0.2) is 22.8 Å². The molecule has 3 aromatic rings. The topological polar surface area (TPSA) is 43.3 Å². The zero-order valence-corrected chi connectivity index (χ0v) is 15.3. The summed E-state index contributed by atoms with van der Waals surface area (Å²) in [7, 11) is 0. The molecule has 1 N–H and O–H groups in total. The number of carbonyl (C=O) groups is 1. The van der Waals surface area contributed by atoms with Gasteiger partial charge in [-0.2, -0.15) is 0 Å². The van der Waals surface area contributed by atoms with Gasteiger partial charge in [0.05, 0.1) is 5.52 Å². The number of ether oxygens (including phenoxy) is 1. The van der Waals surface area contributed by atoms with Crippen molar-refractivity contribution in [1.82, 2.24) is 9.88 Å². The first-order chi connectivity index (χ1) is 12.3. The Hall–Kier alpha value is -2.82. The second-order valence-electron chi connectivity index (χ2n) is 7.19. The van der Waals surface area contributed by atoms with Gasteiger partial charge in [-0.25, -0.2) is 9.18 Å². The highest BCUT2D eigenvalue weighted by molar-refractivity contribution is 5.83. The summed E-state index contributed by atoms with van der Waals surface area (Å²) < 4.78 is 21.0. The third kappa shape index (κ3) is 4.23. The van der Waals surface area contributed by atoms with E-state index in [0.29, 0.717) is 13.0 Å². The number of aromatic nitrogens is 1. The van der Waals surface area contributed by atoms with Crippen molar-refractivity contribution >= 4 is 17.0 Å². The number of halogens is 1. The van der Waals surface area contributed by atoms with E-state index in [9.17, 15) is 9.18 Å². The Bertz CT molecular complexity index is 925. The van der Waals surface area contributed by atoms with Crippen molar-refractivity contribution in [1.29, 1.82) is 0 Å². The number of amides is 1. The molecule has 0 spiro atoms. The molecule has 0 atom stereocenters. The molecule has 0 aliphatic carbocycles. The average Bonchev–Trinajstić information content (AvgIpc) is 2.91. The molecule has 0 saturated heterocycles. The zero-order chi connectivity index (χ0) is 18.7. The first-order valence-electron chi connectivity index (χ1n) is 8.66. The quantitative estimate of drug-likeness (QED) is 0.729. The molecular formula is C21H23FN2O2. The molecular weight excluding hydrogens is 331 g/mol. The SMILES string of the molecule is CC(C)(C)OC(=O)NCCc1cc2ccccc2n1-c1cccc(F)c1. The van der Waals surface area contributed by atoms with Gasteiger partial charge >= 0.3 is 6.09 Å². The summed E-state index contributed by atoms with van der Waals surface area (Å²) in [6.45, 7) is 5.91. The van der Waals surface area contributed by atoms with Gasteiger partial charge in [-0.3, -0.25) is 0 Å². The van der Waals surface area contributed by atoms with Gasteiger partial charge in [0.15, 0.2) is 0 Å². The largest absolute Gasteiger partial charge is 0.444 e. The van der Waals surface area contributed by atoms with Crippen LogP contribution in [0.3, 0.4) is 0 Å². The third-order valence-electron chi connectivity index (χ3n) is 3.90. The minimum Gasteiger partial charge on any atom is -0.444 e. The Labute approximate surface area is 152 Å². The van der Waals surface area contributed by atoms with Crippen LogP contribution in [0.2, 0.25) is 0 Å². The number of hydrogen-bond donors (Lipinski definition) is 1. The van der Waals surface area contributed by atoms with Gasteiger partial charge in [0.25, 0.3) is 0 Å². The van der Waals surface area contributed by atoms with E-state index in [0.717, 1.165) is 22.3 Å². The van der Waals surface area contributed by atoms with E-state index in [1.54, 1.807) is 6.07 Å². The van der Waals surface area contributed by atoms with Crippen LogP contribution in [0.25, 0.3) is 16.6 Å². The Morgan fingerprint density at radius 2 is 1.88 bits per heavy atom. The number of rotatable bonds is 4. The van der Waals surface area contributed by atoms with Crippen molar-refractivity contribution in [2.24, 2.45) is 0 Å². The van der Waals surface area contributed by atoms with Crippen molar-refractivity contribution in [3.8, 4) is 5.69 Å². The number of hydrogen-bond acceptors (Lipinski definition) is 2. The molecule has 26 heavy (non-hydrogen) atoms. The minimum atomic E-state index is -0.527. The monoisotopic (exact) mass is 354 g/mol. The fourth-order valence-electron chi connectivity index (χ4n) is 2.92. The molecule has 1 heterocycles. The molecule has 0 aliphatic heterocycles. The molecule has 0 bridgehead atoms. The summed E-state index contributed by atoms with van der Waals surface area (Å²) >= 11 is 0. The molecule has 0 saturated carbocycles. The van der Waals surface area contributed by atoms with Gasteiger partial charge in [0, 0.05) is 29.7 Å². The number of benzene rings is 2. The molecule has 1 amide bonds. The van der Waals surface area contributed by atoms with Gasteiger partial charge in [-0.05, 0) is 51.1 Å². The Kier molecular flexibility index (Phi) is 4.98. The Balaban J connectivity index is 1.84. The molecule has 2 aromatic carbocycles. The molecule has 3 rings (SSSR count). The lowest BCUT2D eigenvalue weighted by atomic mass is 10.2. The second-order valence-corrected chi connectivity index (χ2v) is 7.19. The van der Waals surface area contributed by atoms with Crippen LogP contribution in [0.1, 0.15) is 26.5 Å².